The van der Waals surface area contributed by atoms with Crippen LogP contribution in [0.1, 0.15) is 43.2 Å². The van der Waals surface area contributed by atoms with E-state index in [1.54, 1.807) is 19.1 Å². The van der Waals surface area contributed by atoms with Gasteiger partial charge in [0.1, 0.15) is 17.6 Å². The summed E-state index contributed by atoms with van der Waals surface area (Å²) in [6.07, 6.45) is 5.37. The minimum atomic E-state index is -3.41. The van der Waals surface area contributed by atoms with Gasteiger partial charge < -0.3 is 10.6 Å². The second-order valence-corrected chi connectivity index (χ2v) is 12.1. The fourth-order valence-corrected chi connectivity index (χ4v) is 5.64. The van der Waals surface area contributed by atoms with Gasteiger partial charge >= 0.3 is 0 Å². The molecule has 1 aromatic heterocycles. The van der Waals surface area contributed by atoms with E-state index in [1.807, 2.05) is 24.3 Å². The molecule has 0 unspecified atom stereocenters. The summed E-state index contributed by atoms with van der Waals surface area (Å²) in [4.78, 5) is 5.40. The molecule has 1 heterocycles. The number of pyridine rings is 1. The normalized spacial score (nSPS) is 14.3. The number of hydrogen-bond acceptors (Lipinski definition) is 12. The van der Waals surface area contributed by atoms with E-state index in [-0.39, 0.29) is 29.7 Å². The minimum absolute atomic E-state index is 0.0700. The summed E-state index contributed by atoms with van der Waals surface area (Å²) in [5.41, 5.74) is 1.85. The zero-order chi connectivity index (χ0) is 28.5. The van der Waals surface area contributed by atoms with Gasteiger partial charge in [0.05, 0.1) is 29.0 Å². The summed E-state index contributed by atoms with van der Waals surface area (Å²) in [5, 5.41) is 40.4. The summed E-state index contributed by atoms with van der Waals surface area (Å²) >= 11 is 0.863. The van der Waals surface area contributed by atoms with Crippen molar-refractivity contribution in [2.24, 2.45) is 10.2 Å². The van der Waals surface area contributed by atoms with Gasteiger partial charge in [0.25, 0.3) is 0 Å². The van der Waals surface area contributed by atoms with E-state index < -0.39 is 9.84 Å². The maximum absolute atomic E-state index is 11.9. The largest absolute Gasteiger partial charge is 0.368 e. The van der Waals surface area contributed by atoms with Crippen LogP contribution in [0.4, 0.5) is 23.0 Å². The molecule has 210 valence electrons. The van der Waals surface area contributed by atoms with E-state index >= 15 is 0 Å². The minimum Gasteiger partial charge on any atom is -0.368 e. The van der Waals surface area contributed by atoms with Crippen LogP contribution in [0.3, 0.4) is 0 Å². The van der Waals surface area contributed by atoms with E-state index in [4.69, 9.17) is 5.26 Å². The number of nitriles is 1. The van der Waals surface area contributed by atoms with E-state index in [2.05, 4.69) is 47.9 Å². The molecule has 3 N–H and O–H groups in total. The predicted octanol–water partition coefficient (Wildman–Crippen LogP) is 6.97. The molecule has 3 aromatic rings. The van der Waals surface area contributed by atoms with Crippen molar-refractivity contribution in [3.63, 3.8) is 0 Å². The molecular weight excluding hydrogens is 552 g/mol. The van der Waals surface area contributed by atoms with Crippen LogP contribution >= 0.6 is 12.0 Å². The molecule has 0 aliphatic heterocycles. The monoisotopic (exact) mass is 582 g/mol. The topological polar surface area (TPSA) is 158 Å². The first-order valence-electron chi connectivity index (χ1n) is 12.8. The van der Waals surface area contributed by atoms with Crippen molar-refractivity contribution in [2.45, 2.75) is 50.0 Å². The van der Waals surface area contributed by atoms with Crippen LogP contribution in [-0.4, -0.2) is 37.0 Å². The average molecular weight is 583 g/mol. The van der Waals surface area contributed by atoms with Crippen LogP contribution in [0.2, 0.25) is 0 Å². The Morgan fingerprint density at radius 2 is 1.93 bits per heavy atom. The van der Waals surface area contributed by atoms with Crippen LogP contribution in [0.15, 0.2) is 63.5 Å². The van der Waals surface area contributed by atoms with Crippen LogP contribution in [-0.2, 0) is 19.2 Å². The highest BCUT2D eigenvalue weighted by molar-refractivity contribution is 7.94. The van der Waals surface area contributed by atoms with Gasteiger partial charge in [0.15, 0.2) is 15.7 Å². The Hall–Kier alpha value is -3.54. The van der Waals surface area contributed by atoms with E-state index in [0.717, 1.165) is 53.9 Å². The van der Waals surface area contributed by atoms with Crippen molar-refractivity contribution in [1.82, 2.24) is 4.98 Å². The van der Waals surface area contributed by atoms with Gasteiger partial charge in [-0.15, -0.1) is 14.6 Å². The lowest BCUT2D eigenvalue weighted by molar-refractivity contribution is -0.432. The first kappa shape index (κ1) is 29.4. The molecule has 0 bridgehead atoms. The van der Waals surface area contributed by atoms with Crippen LogP contribution in [0.25, 0.3) is 10.8 Å². The van der Waals surface area contributed by atoms with Crippen LogP contribution in [0.5, 0.6) is 0 Å². The average Bonchev–Trinajstić information content (AvgIpc) is 2.96. The standard InChI is InChI=1S/C27H30N6O5S2/c1-3-40(35,36)16-15-29-26-22(17-28)18(2)25(27(31-26)30-19-9-5-4-6-10-19)33-32-23-13-14-24(39-38-37-34)21-12-8-7-11-20(21)23/h3,7-8,11-14,19,34H,1,4-6,9-10,15-16H2,2H3,(H2,29,30,31)/b33-32+. The number of fused-ring (bicyclic) bond motifs is 1. The molecule has 1 fully saturated rings. The third-order valence-electron chi connectivity index (χ3n) is 6.68. The molecule has 1 saturated carbocycles. The number of anilines is 2. The molecule has 0 amide bonds. The van der Waals surface area contributed by atoms with Gasteiger partial charge in [-0.2, -0.15) is 5.26 Å². The quantitative estimate of drug-likeness (QED) is 0.0880. The van der Waals surface area contributed by atoms with E-state index in [0.29, 0.717) is 27.7 Å². The molecule has 13 heteroatoms. The van der Waals surface area contributed by atoms with Gasteiger partial charge in [-0.1, -0.05) is 55.1 Å². The number of hydrogen-bond donors (Lipinski definition) is 3. The van der Waals surface area contributed by atoms with Crippen molar-refractivity contribution < 1.29 is 23.0 Å². The van der Waals surface area contributed by atoms with Crippen molar-refractivity contribution >= 4 is 55.7 Å². The fraction of sp³-hybridized carbons (Fsp3) is 0.333. The molecule has 1 aliphatic carbocycles. The third-order valence-corrected chi connectivity index (χ3v) is 8.62. The van der Waals surface area contributed by atoms with Gasteiger partial charge in [-0.25, -0.2) is 18.7 Å². The van der Waals surface area contributed by atoms with Crippen LogP contribution in [0, 0.1) is 18.3 Å². The first-order valence-corrected chi connectivity index (χ1v) is 15.2. The van der Waals surface area contributed by atoms with Gasteiger partial charge in [0, 0.05) is 33.8 Å². The lowest BCUT2D eigenvalue weighted by atomic mass is 9.95. The summed E-state index contributed by atoms with van der Waals surface area (Å²) in [6.45, 7) is 5.18. The summed E-state index contributed by atoms with van der Waals surface area (Å²) in [6, 6.07) is 13.5. The summed E-state index contributed by atoms with van der Waals surface area (Å²) in [7, 11) is -3.41. The number of azo groups is 1. The Balaban J connectivity index is 1.74. The smallest absolute Gasteiger partial charge is 0.172 e. The predicted molar refractivity (Wildman–Crippen MR) is 155 cm³/mol. The number of aromatic nitrogens is 1. The molecule has 0 spiro atoms. The maximum atomic E-state index is 11.9. The number of rotatable bonds is 12. The lowest BCUT2D eigenvalue weighted by Crippen LogP contribution is -2.23. The second-order valence-electron chi connectivity index (χ2n) is 9.26. The molecule has 11 nitrogen and oxygen atoms in total. The number of sulfone groups is 1. The number of benzene rings is 2. The Bertz CT molecular complexity index is 1550. The highest BCUT2D eigenvalue weighted by Gasteiger charge is 2.21. The number of nitrogens with one attached hydrogen (secondary N) is 2. The summed E-state index contributed by atoms with van der Waals surface area (Å²) < 4.78 is 28.4. The highest BCUT2D eigenvalue weighted by Crippen LogP contribution is 2.39. The van der Waals surface area contributed by atoms with E-state index in [1.165, 1.54) is 6.42 Å². The van der Waals surface area contributed by atoms with Crippen molar-refractivity contribution in [1.29, 1.82) is 5.26 Å². The Labute approximate surface area is 237 Å². The maximum Gasteiger partial charge on any atom is 0.172 e. The van der Waals surface area contributed by atoms with Gasteiger partial charge in [-0.3, -0.25) is 0 Å². The van der Waals surface area contributed by atoms with Crippen LogP contribution < -0.4 is 10.6 Å². The summed E-state index contributed by atoms with van der Waals surface area (Å²) in [5.74, 6) is 0.590. The Morgan fingerprint density at radius 1 is 1.18 bits per heavy atom. The van der Waals surface area contributed by atoms with Crippen molar-refractivity contribution in [3.05, 3.63) is 59.5 Å². The molecule has 0 saturated heterocycles. The van der Waals surface area contributed by atoms with E-state index in [9.17, 15) is 13.7 Å². The molecule has 1 aliphatic rings. The first-order chi connectivity index (χ1) is 19.4. The molecule has 4 rings (SSSR count). The molecule has 40 heavy (non-hydrogen) atoms. The molecule has 2 aromatic carbocycles. The molecular formula is C27H30N6O5S2. The third kappa shape index (κ3) is 7.15. The van der Waals surface area contributed by atoms with Gasteiger partial charge in [-0.05, 0) is 37.3 Å². The fourth-order valence-electron chi connectivity index (χ4n) is 4.59. The highest BCUT2D eigenvalue weighted by atomic mass is 32.2. The molecule has 0 radical (unpaired) electrons. The van der Waals surface area contributed by atoms with Crippen molar-refractivity contribution in [3.8, 4) is 6.07 Å². The number of nitrogens with zero attached hydrogens (tertiary/aromatic N) is 4. The Morgan fingerprint density at radius 3 is 2.62 bits per heavy atom. The Kier molecular flexibility index (Phi) is 10.1. The van der Waals surface area contributed by atoms with Gasteiger partial charge in [0.2, 0.25) is 0 Å². The zero-order valence-corrected chi connectivity index (χ0v) is 23.6. The zero-order valence-electron chi connectivity index (χ0n) is 22.0. The lowest BCUT2D eigenvalue weighted by Gasteiger charge is -2.25. The van der Waals surface area contributed by atoms with Crippen molar-refractivity contribution in [2.75, 3.05) is 22.9 Å². The SMILES string of the molecule is C=CS(=O)(=O)CCNc1nc(NC2CCCCC2)c(/N=N/c2ccc(SOOO)c3ccccc23)c(C)c1C#N. The molecule has 0 atom stereocenters. The second kappa shape index (κ2) is 13.7.